The summed E-state index contributed by atoms with van der Waals surface area (Å²) < 4.78 is 0. The van der Waals surface area contributed by atoms with E-state index >= 15 is 0 Å². The molecule has 4 nitrogen and oxygen atoms in total. The van der Waals surface area contributed by atoms with Gasteiger partial charge in [-0.1, -0.05) is 29.8 Å². The molecule has 0 aliphatic rings. The Hall–Kier alpha value is -2.07. The summed E-state index contributed by atoms with van der Waals surface area (Å²) in [6.07, 6.45) is 1.71. The van der Waals surface area contributed by atoms with E-state index < -0.39 is 0 Å². The van der Waals surface area contributed by atoms with E-state index in [1.807, 2.05) is 43.3 Å². The maximum atomic E-state index is 11.8. The molecule has 0 aliphatic carbocycles. The average Bonchev–Trinajstić information content (AvgIpc) is 2.46. The van der Waals surface area contributed by atoms with Crippen LogP contribution < -0.4 is 10.6 Å². The normalized spacial score (nSPS) is 11.7. The Kier molecular flexibility index (Phi) is 4.96. The number of carbonyl (C=O) groups excluding carboxylic acids is 1. The predicted molar refractivity (Wildman–Crippen MR) is 79.5 cm³/mol. The maximum absolute atomic E-state index is 11.8. The van der Waals surface area contributed by atoms with Gasteiger partial charge in [0.05, 0.1) is 11.7 Å². The zero-order valence-corrected chi connectivity index (χ0v) is 11.9. The van der Waals surface area contributed by atoms with Crippen LogP contribution in [0.25, 0.3) is 0 Å². The summed E-state index contributed by atoms with van der Waals surface area (Å²) in [7, 11) is 0. The van der Waals surface area contributed by atoms with Gasteiger partial charge in [0.1, 0.15) is 0 Å². The van der Waals surface area contributed by atoms with Gasteiger partial charge < -0.3 is 10.6 Å². The molecule has 2 rings (SSSR count). The first kappa shape index (κ1) is 14.3. The van der Waals surface area contributed by atoms with Crippen LogP contribution in [0.3, 0.4) is 0 Å². The second kappa shape index (κ2) is 6.91. The van der Waals surface area contributed by atoms with Gasteiger partial charge in [-0.25, -0.2) is 4.79 Å². The molecule has 1 heterocycles. The van der Waals surface area contributed by atoms with Crippen molar-refractivity contribution in [3.63, 3.8) is 0 Å². The highest BCUT2D eigenvalue weighted by Gasteiger charge is 2.09. The van der Waals surface area contributed by atoms with Gasteiger partial charge in [-0.2, -0.15) is 0 Å². The number of amides is 2. The standard InChI is InChI=1S/C15H16ClN3O/c1-11(14-7-2-3-8-17-14)19-15(20)18-10-12-5-4-6-13(16)9-12/h2-9,11H,10H2,1H3,(H2,18,19,20). The fourth-order valence-electron chi connectivity index (χ4n) is 1.78. The third-order valence-electron chi connectivity index (χ3n) is 2.82. The van der Waals surface area contributed by atoms with Crippen LogP contribution in [0.1, 0.15) is 24.2 Å². The summed E-state index contributed by atoms with van der Waals surface area (Å²) in [4.78, 5) is 16.0. The smallest absolute Gasteiger partial charge is 0.315 e. The zero-order chi connectivity index (χ0) is 14.4. The molecule has 0 spiro atoms. The Balaban J connectivity index is 1.84. The minimum Gasteiger partial charge on any atom is -0.334 e. The number of nitrogens with zero attached hydrogens (tertiary/aromatic N) is 1. The number of halogens is 1. The topological polar surface area (TPSA) is 54.0 Å². The monoisotopic (exact) mass is 289 g/mol. The number of urea groups is 1. The minimum atomic E-state index is -0.233. The number of pyridine rings is 1. The molecule has 0 saturated heterocycles. The lowest BCUT2D eigenvalue weighted by atomic mass is 10.2. The van der Waals surface area contributed by atoms with Gasteiger partial charge in [0, 0.05) is 17.8 Å². The molecular weight excluding hydrogens is 274 g/mol. The van der Waals surface area contributed by atoms with E-state index in [0.29, 0.717) is 11.6 Å². The summed E-state index contributed by atoms with van der Waals surface area (Å²) in [5.41, 5.74) is 1.78. The van der Waals surface area contributed by atoms with Crippen LogP contribution >= 0.6 is 11.6 Å². The number of nitrogens with one attached hydrogen (secondary N) is 2. The van der Waals surface area contributed by atoms with E-state index in [0.717, 1.165) is 11.3 Å². The van der Waals surface area contributed by atoms with Crippen LogP contribution in [0.5, 0.6) is 0 Å². The first-order chi connectivity index (χ1) is 9.65. The number of benzene rings is 1. The van der Waals surface area contributed by atoms with Crippen LogP contribution in [0.4, 0.5) is 4.79 Å². The quantitative estimate of drug-likeness (QED) is 0.907. The fraction of sp³-hybridized carbons (Fsp3) is 0.200. The van der Waals surface area contributed by atoms with Crippen molar-refractivity contribution in [1.29, 1.82) is 0 Å². The largest absolute Gasteiger partial charge is 0.334 e. The van der Waals surface area contributed by atoms with E-state index in [9.17, 15) is 4.79 Å². The highest BCUT2D eigenvalue weighted by Crippen LogP contribution is 2.10. The highest BCUT2D eigenvalue weighted by molar-refractivity contribution is 6.30. The minimum absolute atomic E-state index is 0.143. The number of aromatic nitrogens is 1. The molecule has 0 fully saturated rings. The van der Waals surface area contributed by atoms with Gasteiger partial charge in [0.25, 0.3) is 0 Å². The van der Waals surface area contributed by atoms with Crippen molar-refractivity contribution in [3.05, 3.63) is 64.9 Å². The van der Waals surface area contributed by atoms with Gasteiger partial charge in [0.15, 0.2) is 0 Å². The van der Waals surface area contributed by atoms with Crippen LogP contribution in [0.2, 0.25) is 5.02 Å². The fourth-order valence-corrected chi connectivity index (χ4v) is 2.00. The average molecular weight is 290 g/mol. The lowest BCUT2D eigenvalue weighted by molar-refractivity contribution is 0.237. The molecule has 0 saturated carbocycles. The first-order valence-corrected chi connectivity index (χ1v) is 6.72. The van der Waals surface area contributed by atoms with Gasteiger partial charge in [-0.3, -0.25) is 4.98 Å². The second-order valence-electron chi connectivity index (χ2n) is 4.43. The molecule has 0 bridgehead atoms. The van der Waals surface area contributed by atoms with E-state index in [1.54, 1.807) is 12.3 Å². The molecule has 1 unspecified atom stereocenters. The molecule has 5 heteroatoms. The van der Waals surface area contributed by atoms with E-state index in [4.69, 9.17) is 11.6 Å². The summed E-state index contributed by atoms with van der Waals surface area (Å²) in [5, 5.41) is 6.28. The molecule has 0 radical (unpaired) electrons. The Bertz CT molecular complexity index is 574. The predicted octanol–water partition coefficient (Wildman–Crippen LogP) is 3.30. The molecule has 1 aromatic carbocycles. The van der Waals surface area contributed by atoms with Crippen molar-refractivity contribution >= 4 is 17.6 Å². The number of hydrogen-bond acceptors (Lipinski definition) is 2. The Morgan fingerprint density at radius 2 is 2.15 bits per heavy atom. The molecule has 2 aromatic rings. The SMILES string of the molecule is CC(NC(=O)NCc1cccc(Cl)c1)c1ccccn1. The van der Waals surface area contributed by atoms with Gasteiger partial charge >= 0.3 is 6.03 Å². The molecular formula is C15H16ClN3O. The summed E-state index contributed by atoms with van der Waals surface area (Å²) in [5.74, 6) is 0. The summed E-state index contributed by atoms with van der Waals surface area (Å²) in [6.45, 7) is 2.32. The lowest BCUT2D eigenvalue weighted by Gasteiger charge is -2.14. The molecule has 104 valence electrons. The van der Waals surface area contributed by atoms with Crippen molar-refractivity contribution in [2.75, 3.05) is 0 Å². The lowest BCUT2D eigenvalue weighted by Crippen LogP contribution is -2.36. The van der Waals surface area contributed by atoms with Crippen LogP contribution in [-0.2, 0) is 6.54 Å². The molecule has 2 amide bonds. The zero-order valence-electron chi connectivity index (χ0n) is 11.1. The first-order valence-electron chi connectivity index (χ1n) is 6.35. The third-order valence-corrected chi connectivity index (χ3v) is 3.06. The molecule has 1 aromatic heterocycles. The van der Waals surface area contributed by atoms with Crippen LogP contribution in [0.15, 0.2) is 48.7 Å². The molecule has 20 heavy (non-hydrogen) atoms. The maximum Gasteiger partial charge on any atom is 0.315 e. The van der Waals surface area contributed by atoms with Crippen molar-refractivity contribution in [2.45, 2.75) is 19.5 Å². The second-order valence-corrected chi connectivity index (χ2v) is 4.87. The summed E-state index contributed by atoms with van der Waals surface area (Å²) >= 11 is 5.89. The molecule has 2 N–H and O–H groups in total. The number of hydrogen-bond donors (Lipinski definition) is 2. The molecule has 0 aliphatic heterocycles. The Morgan fingerprint density at radius 3 is 2.85 bits per heavy atom. The van der Waals surface area contributed by atoms with Crippen molar-refractivity contribution < 1.29 is 4.79 Å². The van der Waals surface area contributed by atoms with Crippen LogP contribution in [0, 0.1) is 0 Å². The van der Waals surface area contributed by atoms with Gasteiger partial charge in [-0.15, -0.1) is 0 Å². The number of rotatable bonds is 4. The van der Waals surface area contributed by atoms with Crippen molar-refractivity contribution in [1.82, 2.24) is 15.6 Å². The van der Waals surface area contributed by atoms with E-state index in [-0.39, 0.29) is 12.1 Å². The van der Waals surface area contributed by atoms with E-state index in [1.165, 1.54) is 0 Å². The Morgan fingerprint density at radius 1 is 1.30 bits per heavy atom. The third kappa shape index (κ3) is 4.24. The molecule has 1 atom stereocenters. The summed E-state index contributed by atoms with van der Waals surface area (Å²) in [6, 6.07) is 12.6. The van der Waals surface area contributed by atoms with Crippen molar-refractivity contribution in [3.8, 4) is 0 Å². The Labute approximate surface area is 123 Å². The highest BCUT2D eigenvalue weighted by atomic mass is 35.5. The van der Waals surface area contributed by atoms with Gasteiger partial charge in [0.2, 0.25) is 0 Å². The van der Waals surface area contributed by atoms with Gasteiger partial charge in [-0.05, 0) is 36.8 Å². The van der Waals surface area contributed by atoms with Crippen LogP contribution in [-0.4, -0.2) is 11.0 Å². The van der Waals surface area contributed by atoms with E-state index in [2.05, 4.69) is 15.6 Å². The van der Waals surface area contributed by atoms with Crippen molar-refractivity contribution in [2.24, 2.45) is 0 Å². The number of carbonyl (C=O) groups is 1.